The number of imidazole rings is 1. The van der Waals surface area contributed by atoms with E-state index in [1.165, 1.54) is 23.8 Å². The van der Waals surface area contributed by atoms with Crippen LogP contribution in [0.15, 0.2) is 53.6 Å². The molecular formula is C27H24ClF4N5O3. The van der Waals surface area contributed by atoms with Gasteiger partial charge >= 0.3 is 11.9 Å². The number of carbonyl (C=O) groups is 1. The van der Waals surface area contributed by atoms with Crippen LogP contribution >= 0.6 is 11.6 Å². The van der Waals surface area contributed by atoms with Gasteiger partial charge in [0.15, 0.2) is 22.9 Å². The Balaban J connectivity index is 1.31. The average Bonchev–Trinajstić information content (AvgIpc) is 3.19. The summed E-state index contributed by atoms with van der Waals surface area (Å²) in [7, 11) is 1.36. The molecule has 4 aromatic rings. The minimum absolute atomic E-state index is 0.0538. The van der Waals surface area contributed by atoms with Crippen LogP contribution in [0.25, 0.3) is 16.9 Å². The number of aromatic nitrogens is 4. The first-order chi connectivity index (χ1) is 19.1. The molecule has 8 nitrogen and oxygen atoms in total. The third-order valence-corrected chi connectivity index (χ3v) is 7.28. The Morgan fingerprint density at radius 2 is 1.90 bits per heavy atom. The van der Waals surface area contributed by atoms with Crippen LogP contribution in [-0.2, 0) is 12.7 Å². The predicted octanol–water partition coefficient (Wildman–Crippen LogP) is 5.39. The maximum absolute atomic E-state index is 14.4. The van der Waals surface area contributed by atoms with E-state index < -0.39 is 29.2 Å². The lowest BCUT2D eigenvalue weighted by molar-refractivity contribution is -0.141. The van der Waals surface area contributed by atoms with E-state index in [9.17, 15) is 27.2 Å². The summed E-state index contributed by atoms with van der Waals surface area (Å²) >= 11 is 5.80. The monoisotopic (exact) mass is 577 g/mol. The Bertz CT molecular complexity index is 1630. The summed E-state index contributed by atoms with van der Waals surface area (Å²) in [5.74, 6) is -1.38. The second-order valence-corrected chi connectivity index (χ2v) is 10.1. The van der Waals surface area contributed by atoms with Gasteiger partial charge in [-0.15, -0.1) is 0 Å². The van der Waals surface area contributed by atoms with Crippen molar-refractivity contribution in [1.29, 1.82) is 0 Å². The summed E-state index contributed by atoms with van der Waals surface area (Å²) in [5.41, 5.74) is -0.978. The van der Waals surface area contributed by atoms with Gasteiger partial charge in [0.25, 0.3) is 5.91 Å². The highest BCUT2D eigenvalue weighted by atomic mass is 35.5. The summed E-state index contributed by atoms with van der Waals surface area (Å²) in [6.45, 7) is 0.342. The Morgan fingerprint density at radius 1 is 1.15 bits per heavy atom. The van der Waals surface area contributed by atoms with Crippen LogP contribution < -0.4 is 15.7 Å². The van der Waals surface area contributed by atoms with Crippen molar-refractivity contribution in [3.8, 4) is 11.4 Å². The van der Waals surface area contributed by atoms with E-state index in [1.807, 2.05) is 0 Å². The molecule has 0 radical (unpaired) electrons. The summed E-state index contributed by atoms with van der Waals surface area (Å²) in [5, 5.41) is 2.60. The molecule has 0 atom stereocenters. The minimum atomic E-state index is -4.80. The van der Waals surface area contributed by atoms with E-state index >= 15 is 0 Å². The van der Waals surface area contributed by atoms with Crippen LogP contribution in [0.2, 0.25) is 5.02 Å². The van der Waals surface area contributed by atoms with E-state index in [1.54, 1.807) is 29.0 Å². The molecule has 3 heterocycles. The van der Waals surface area contributed by atoms with Crippen molar-refractivity contribution in [2.75, 3.05) is 7.11 Å². The summed E-state index contributed by atoms with van der Waals surface area (Å²) in [6, 6.07) is 8.30. The van der Waals surface area contributed by atoms with E-state index in [2.05, 4.69) is 15.3 Å². The first-order valence-electron chi connectivity index (χ1n) is 12.5. The SMILES string of the molecule is COc1ccc(-n2c(=O)n(C[C@H]3CC[C@H](NC(=O)c4cc(Cl)cnc4C(F)(F)F)CC3)c3ncccc32)cc1F. The zero-order valence-corrected chi connectivity index (χ0v) is 22.0. The van der Waals surface area contributed by atoms with E-state index in [0.717, 1.165) is 12.3 Å². The van der Waals surface area contributed by atoms with E-state index in [4.69, 9.17) is 16.3 Å². The molecule has 1 amide bonds. The van der Waals surface area contributed by atoms with Crippen molar-refractivity contribution >= 4 is 28.7 Å². The smallest absolute Gasteiger partial charge is 0.434 e. The molecule has 13 heteroatoms. The van der Waals surface area contributed by atoms with Gasteiger partial charge in [-0.05, 0) is 61.9 Å². The fraction of sp³-hybridized carbons (Fsp3) is 0.333. The molecule has 0 saturated heterocycles. The Kier molecular flexibility index (Phi) is 7.54. The lowest BCUT2D eigenvalue weighted by atomic mass is 9.85. The van der Waals surface area contributed by atoms with Crippen LogP contribution in [0.3, 0.4) is 0 Å². The van der Waals surface area contributed by atoms with Crippen molar-refractivity contribution in [2.45, 2.75) is 44.4 Å². The normalized spacial score (nSPS) is 17.6. The molecule has 0 spiro atoms. The van der Waals surface area contributed by atoms with Crippen molar-refractivity contribution in [3.05, 3.63) is 81.4 Å². The Morgan fingerprint density at radius 3 is 2.58 bits per heavy atom. The molecule has 40 heavy (non-hydrogen) atoms. The molecule has 0 bridgehead atoms. The maximum Gasteiger partial charge on any atom is 0.434 e. The second kappa shape index (κ2) is 10.9. The van der Waals surface area contributed by atoms with Crippen LogP contribution in [0.5, 0.6) is 5.75 Å². The number of hydrogen-bond acceptors (Lipinski definition) is 5. The molecular weight excluding hydrogens is 554 g/mol. The van der Waals surface area contributed by atoms with Crippen LogP contribution in [0.1, 0.15) is 41.7 Å². The van der Waals surface area contributed by atoms with Gasteiger partial charge in [0.05, 0.1) is 28.9 Å². The molecule has 1 aliphatic rings. The maximum atomic E-state index is 14.4. The molecule has 0 aliphatic heterocycles. The van der Waals surface area contributed by atoms with Crippen molar-refractivity contribution in [3.63, 3.8) is 0 Å². The molecule has 5 rings (SSSR count). The molecule has 210 valence electrons. The van der Waals surface area contributed by atoms with Crippen LogP contribution in [0, 0.1) is 11.7 Å². The molecule has 3 aromatic heterocycles. The van der Waals surface area contributed by atoms with Gasteiger partial charge in [-0.3, -0.25) is 13.9 Å². The number of fused-ring (bicyclic) bond motifs is 1. The average molecular weight is 578 g/mol. The van der Waals surface area contributed by atoms with Crippen LogP contribution in [-0.4, -0.2) is 38.2 Å². The number of halogens is 5. The number of methoxy groups -OCH3 is 1. The molecule has 1 aliphatic carbocycles. The lowest BCUT2D eigenvalue weighted by Gasteiger charge is -2.29. The summed E-state index contributed by atoms with van der Waals surface area (Å²) in [4.78, 5) is 33.9. The van der Waals surface area contributed by atoms with E-state index in [0.29, 0.717) is 49.1 Å². The Labute approximate surface area is 230 Å². The zero-order valence-electron chi connectivity index (χ0n) is 21.2. The predicted molar refractivity (Wildman–Crippen MR) is 139 cm³/mol. The molecule has 0 unspecified atom stereocenters. The fourth-order valence-corrected chi connectivity index (χ4v) is 5.30. The number of carbonyl (C=O) groups excluding carboxylic acids is 1. The topological polar surface area (TPSA) is 91.0 Å². The van der Waals surface area contributed by atoms with Gasteiger partial charge in [-0.1, -0.05) is 11.6 Å². The van der Waals surface area contributed by atoms with Crippen molar-refractivity contribution < 1.29 is 27.1 Å². The van der Waals surface area contributed by atoms with Crippen molar-refractivity contribution in [2.24, 2.45) is 5.92 Å². The number of nitrogens with zero attached hydrogens (tertiary/aromatic N) is 4. The number of rotatable bonds is 6. The quantitative estimate of drug-likeness (QED) is 0.310. The number of ether oxygens (including phenoxy) is 1. The third kappa shape index (κ3) is 5.40. The Hall–Kier alpha value is -3.93. The molecule has 1 aromatic carbocycles. The first-order valence-corrected chi connectivity index (χ1v) is 12.9. The number of amides is 1. The molecule has 1 saturated carbocycles. The van der Waals surface area contributed by atoms with Gasteiger partial charge < -0.3 is 10.1 Å². The third-order valence-electron chi connectivity index (χ3n) is 7.07. The van der Waals surface area contributed by atoms with Gasteiger partial charge in [0.2, 0.25) is 0 Å². The van der Waals surface area contributed by atoms with Crippen molar-refractivity contribution in [1.82, 2.24) is 24.4 Å². The number of nitrogens with one attached hydrogen (secondary N) is 1. The second-order valence-electron chi connectivity index (χ2n) is 9.63. The number of hydrogen-bond donors (Lipinski definition) is 1. The minimum Gasteiger partial charge on any atom is -0.494 e. The largest absolute Gasteiger partial charge is 0.494 e. The van der Waals surface area contributed by atoms with E-state index in [-0.39, 0.29) is 28.4 Å². The molecule has 1 N–H and O–H groups in total. The number of alkyl halides is 3. The number of pyridine rings is 2. The standard InChI is InChI=1S/C27H24ClF4N5O3/c1-40-22-9-8-18(12-20(22)29)37-21-3-2-10-33-24(21)36(26(37)39)14-15-4-6-17(7-5-15)35-25(38)19-11-16(28)13-34-23(19)27(30,31)32/h2-3,8-13,15,17H,4-7,14H2,1H3,(H,35,38)/t15-,17-. The first kappa shape index (κ1) is 27.6. The fourth-order valence-electron chi connectivity index (χ4n) is 5.14. The highest BCUT2D eigenvalue weighted by molar-refractivity contribution is 6.30. The van der Waals surface area contributed by atoms with Gasteiger partial charge in [-0.25, -0.2) is 19.2 Å². The highest BCUT2D eigenvalue weighted by Crippen LogP contribution is 2.32. The van der Waals surface area contributed by atoms with Gasteiger partial charge in [0.1, 0.15) is 0 Å². The number of benzene rings is 1. The van der Waals surface area contributed by atoms with Gasteiger partial charge in [0, 0.05) is 31.0 Å². The summed E-state index contributed by atoms with van der Waals surface area (Å²) in [6.07, 6.45) is -0.115. The zero-order chi connectivity index (χ0) is 28.6. The van der Waals surface area contributed by atoms with Gasteiger partial charge in [-0.2, -0.15) is 13.2 Å². The van der Waals surface area contributed by atoms with Crippen LogP contribution in [0.4, 0.5) is 17.6 Å². The highest BCUT2D eigenvalue weighted by Gasteiger charge is 2.38. The summed E-state index contributed by atoms with van der Waals surface area (Å²) < 4.78 is 62.4. The lowest BCUT2D eigenvalue weighted by Crippen LogP contribution is -2.39. The molecule has 1 fully saturated rings.